The van der Waals surface area contributed by atoms with E-state index in [1.165, 1.54) is 14.0 Å². The van der Waals surface area contributed by atoms with Crippen LogP contribution in [-0.4, -0.2) is 25.2 Å². The summed E-state index contributed by atoms with van der Waals surface area (Å²) < 4.78 is 9.51. The van der Waals surface area contributed by atoms with Gasteiger partial charge in [0.15, 0.2) is 0 Å². The van der Waals surface area contributed by atoms with Crippen molar-refractivity contribution in [2.75, 3.05) is 7.11 Å². The van der Waals surface area contributed by atoms with Gasteiger partial charge in [-0.25, -0.2) is 0 Å². The zero-order chi connectivity index (χ0) is 11.1. The summed E-state index contributed by atoms with van der Waals surface area (Å²) in [5.74, 6) is -0.333. The summed E-state index contributed by atoms with van der Waals surface area (Å²) in [6, 6.07) is 0. The highest BCUT2D eigenvalue weighted by atomic mass is 16.6. The third-order valence-corrected chi connectivity index (χ3v) is 1.69. The molecule has 14 heavy (non-hydrogen) atoms. The van der Waals surface area contributed by atoms with Crippen LogP contribution in [-0.2, 0) is 19.1 Å². The molecule has 0 aliphatic rings. The van der Waals surface area contributed by atoms with Crippen molar-refractivity contribution < 1.29 is 19.1 Å². The van der Waals surface area contributed by atoms with Gasteiger partial charge in [-0.1, -0.05) is 13.8 Å². The molecule has 0 aromatic rings. The second-order valence-corrected chi connectivity index (χ2v) is 3.64. The molecule has 0 heterocycles. The summed E-state index contributed by atoms with van der Waals surface area (Å²) in [4.78, 5) is 21.7. The summed E-state index contributed by atoms with van der Waals surface area (Å²) in [6.45, 7) is 5.35. The number of esters is 2. The third kappa shape index (κ3) is 6.46. The average Bonchev–Trinajstić information content (AvgIpc) is 2.01. The molecule has 1 unspecified atom stereocenters. The molecule has 4 nitrogen and oxygen atoms in total. The predicted octanol–water partition coefficient (Wildman–Crippen LogP) is 1.53. The average molecular weight is 202 g/mol. The first-order valence-electron chi connectivity index (χ1n) is 4.69. The molecule has 0 aliphatic heterocycles. The quantitative estimate of drug-likeness (QED) is 0.634. The van der Waals surface area contributed by atoms with E-state index in [-0.39, 0.29) is 24.5 Å². The van der Waals surface area contributed by atoms with Gasteiger partial charge >= 0.3 is 11.9 Å². The molecule has 0 aromatic carbocycles. The Labute approximate surface area is 84.6 Å². The molecular weight excluding hydrogens is 184 g/mol. The van der Waals surface area contributed by atoms with Crippen LogP contribution >= 0.6 is 0 Å². The standard InChI is InChI=1S/C10H18O4/c1-7(2)5-9(14-8(3)11)6-10(12)13-4/h7,9H,5-6H2,1-4H3. The maximum absolute atomic E-state index is 11.0. The van der Waals surface area contributed by atoms with Crippen molar-refractivity contribution in [1.82, 2.24) is 0 Å². The van der Waals surface area contributed by atoms with Gasteiger partial charge in [0, 0.05) is 6.92 Å². The fraction of sp³-hybridized carbons (Fsp3) is 0.800. The molecule has 82 valence electrons. The number of carbonyl (C=O) groups is 2. The minimum Gasteiger partial charge on any atom is -0.469 e. The number of methoxy groups -OCH3 is 1. The summed E-state index contributed by atoms with van der Waals surface area (Å²) in [5, 5.41) is 0. The lowest BCUT2D eigenvalue weighted by atomic mass is 10.0. The zero-order valence-corrected chi connectivity index (χ0v) is 9.20. The highest BCUT2D eigenvalue weighted by Gasteiger charge is 2.18. The second kappa shape index (κ2) is 6.40. The van der Waals surface area contributed by atoms with Crippen molar-refractivity contribution in [1.29, 1.82) is 0 Å². The summed E-state index contributed by atoms with van der Waals surface area (Å²) in [6.07, 6.45) is 0.447. The van der Waals surface area contributed by atoms with Crippen molar-refractivity contribution in [2.45, 2.75) is 39.7 Å². The lowest BCUT2D eigenvalue weighted by Crippen LogP contribution is -2.22. The van der Waals surface area contributed by atoms with Crippen LogP contribution in [0.25, 0.3) is 0 Å². The Kier molecular flexibility index (Phi) is 5.92. The van der Waals surface area contributed by atoms with E-state index in [1.807, 2.05) is 13.8 Å². The van der Waals surface area contributed by atoms with E-state index in [0.29, 0.717) is 12.3 Å². The van der Waals surface area contributed by atoms with Crippen LogP contribution in [0.1, 0.15) is 33.6 Å². The van der Waals surface area contributed by atoms with Gasteiger partial charge < -0.3 is 9.47 Å². The Morgan fingerprint density at radius 2 is 1.86 bits per heavy atom. The molecule has 0 saturated carbocycles. The molecule has 0 aromatic heterocycles. The van der Waals surface area contributed by atoms with E-state index in [4.69, 9.17) is 4.74 Å². The van der Waals surface area contributed by atoms with Crippen LogP contribution in [0.3, 0.4) is 0 Å². The molecule has 4 heteroatoms. The number of rotatable bonds is 5. The van der Waals surface area contributed by atoms with Gasteiger partial charge in [-0.05, 0) is 12.3 Å². The third-order valence-electron chi connectivity index (χ3n) is 1.69. The summed E-state index contributed by atoms with van der Waals surface area (Å²) >= 11 is 0. The molecular formula is C10H18O4. The van der Waals surface area contributed by atoms with Crippen molar-refractivity contribution in [3.05, 3.63) is 0 Å². The Morgan fingerprint density at radius 1 is 1.29 bits per heavy atom. The van der Waals surface area contributed by atoms with Gasteiger partial charge in [0.2, 0.25) is 0 Å². The number of hydrogen-bond donors (Lipinski definition) is 0. The highest BCUT2D eigenvalue weighted by molar-refractivity contribution is 5.71. The molecule has 0 aliphatic carbocycles. The van der Waals surface area contributed by atoms with E-state index < -0.39 is 0 Å². The van der Waals surface area contributed by atoms with Crippen LogP contribution < -0.4 is 0 Å². The lowest BCUT2D eigenvalue weighted by Gasteiger charge is -2.17. The largest absolute Gasteiger partial charge is 0.469 e. The topological polar surface area (TPSA) is 52.6 Å². The van der Waals surface area contributed by atoms with Gasteiger partial charge in [0.25, 0.3) is 0 Å². The van der Waals surface area contributed by atoms with Crippen LogP contribution in [0.15, 0.2) is 0 Å². The fourth-order valence-electron chi connectivity index (χ4n) is 1.20. The molecule has 0 radical (unpaired) electrons. The van der Waals surface area contributed by atoms with Gasteiger partial charge in [-0.3, -0.25) is 9.59 Å². The Bertz CT molecular complexity index is 198. The van der Waals surface area contributed by atoms with Crippen molar-refractivity contribution >= 4 is 11.9 Å². The minimum absolute atomic E-state index is 0.133. The van der Waals surface area contributed by atoms with E-state index in [0.717, 1.165) is 0 Å². The second-order valence-electron chi connectivity index (χ2n) is 3.64. The molecule has 0 rings (SSSR count). The number of ether oxygens (including phenoxy) is 2. The van der Waals surface area contributed by atoms with E-state index >= 15 is 0 Å². The van der Waals surface area contributed by atoms with Gasteiger partial charge in [0.05, 0.1) is 13.5 Å². The summed E-state index contributed by atoms with van der Waals surface area (Å²) in [7, 11) is 1.32. The molecule has 0 bridgehead atoms. The normalized spacial score (nSPS) is 12.4. The SMILES string of the molecule is COC(=O)CC(CC(C)C)OC(C)=O. The number of hydrogen-bond acceptors (Lipinski definition) is 4. The molecule has 0 spiro atoms. The monoisotopic (exact) mass is 202 g/mol. The van der Waals surface area contributed by atoms with Crippen molar-refractivity contribution in [3.8, 4) is 0 Å². The van der Waals surface area contributed by atoms with Crippen LogP contribution in [0.5, 0.6) is 0 Å². The first-order chi connectivity index (χ1) is 6.45. The molecule has 1 atom stereocenters. The first kappa shape index (κ1) is 12.9. The van der Waals surface area contributed by atoms with E-state index in [2.05, 4.69) is 4.74 Å². The Balaban J connectivity index is 4.09. The maximum atomic E-state index is 11.0. The highest BCUT2D eigenvalue weighted by Crippen LogP contribution is 2.12. The maximum Gasteiger partial charge on any atom is 0.309 e. The molecule has 0 N–H and O–H groups in total. The molecule has 0 fully saturated rings. The lowest BCUT2D eigenvalue weighted by molar-refractivity contribution is -0.152. The fourth-order valence-corrected chi connectivity index (χ4v) is 1.20. The van der Waals surface area contributed by atoms with Gasteiger partial charge in [-0.2, -0.15) is 0 Å². The van der Waals surface area contributed by atoms with Gasteiger partial charge in [-0.15, -0.1) is 0 Å². The van der Waals surface area contributed by atoms with Crippen LogP contribution in [0.4, 0.5) is 0 Å². The molecule has 0 saturated heterocycles. The minimum atomic E-state index is -0.362. The first-order valence-corrected chi connectivity index (χ1v) is 4.69. The summed E-state index contributed by atoms with van der Waals surface area (Å²) in [5.41, 5.74) is 0. The van der Waals surface area contributed by atoms with Crippen LogP contribution in [0.2, 0.25) is 0 Å². The van der Waals surface area contributed by atoms with Gasteiger partial charge in [0.1, 0.15) is 6.10 Å². The van der Waals surface area contributed by atoms with E-state index in [1.54, 1.807) is 0 Å². The van der Waals surface area contributed by atoms with Crippen molar-refractivity contribution in [3.63, 3.8) is 0 Å². The Hall–Kier alpha value is -1.06. The van der Waals surface area contributed by atoms with Crippen LogP contribution in [0, 0.1) is 5.92 Å². The predicted molar refractivity (Wildman–Crippen MR) is 51.6 cm³/mol. The van der Waals surface area contributed by atoms with Crippen molar-refractivity contribution in [2.24, 2.45) is 5.92 Å². The smallest absolute Gasteiger partial charge is 0.309 e. The zero-order valence-electron chi connectivity index (χ0n) is 9.20. The molecule has 0 amide bonds. The number of carbonyl (C=O) groups excluding carboxylic acids is 2. The van der Waals surface area contributed by atoms with E-state index in [9.17, 15) is 9.59 Å². The Morgan fingerprint density at radius 3 is 2.21 bits per heavy atom.